The minimum Gasteiger partial charge on any atom is -0.298 e. The van der Waals surface area contributed by atoms with Gasteiger partial charge < -0.3 is 0 Å². The molecule has 0 unspecified atom stereocenters. The Labute approximate surface area is 124 Å². The van der Waals surface area contributed by atoms with Crippen molar-refractivity contribution in [3.63, 3.8) is 0 Å². The van der Waals surface area contributed by atoms with E-state index in [1.54, 1.807) is 0 Å². The first-order valence-electron chi connectivity index (χ1n) is 7.28. The maximum atomic E-state index is 4.58. The molecule has 0 spiro atoms. The minimum atomic E-state index is 0.609. The largest absolute Gasteiger partial charge is 0.298 e. The molecule has 1 saturated heterocycles. The quantitative estimate of drug-likeness (QED) is 0.864. The smallest absolute Gasteiger partial charge is 0.125 e. The highest BCUT2D eigenvalue weighted by Gasteiger charge is 2.21. The molecule has 106 valence electrons. The first-order chi connectivity index (χ1) is 9.70. The van der Waals surface area contributed by atoms with Crippen LogP contribution in [0, 0.1) is 13.8 Å². The molecule has 4 heteroatoms. The number of thiophene rings is 1. The Balaban J connectivity index is 1.57. The molecule has 0 saturated carbocycles. The van der Waals surface area contributed by atoms with Crippen molar-refractivity contribution in [2.45, 2.75) is 39.2 Å². The molecule has 2 aromatic heterocycles. The van der Waals surface area contributed by atoms with Gasteiger partial charge in [0.25, 0.3) is 0 Å². The third-order valence-corrected chi connectivity index (χ3v) is 4.96. The summed E-state index contributed by atoms with van der Waals surface area (Å²) in [7, 11) is 0. The summed E-state index contributed by atoms with van der Waals surface area (Å²) in [6, 6.07) is 6.56. The third-order valence-electron chi connectivity index (χ3n) is 3.98. The number of piperidine rings is 1. The lowest BCUT2D eigenvalue weighted by atomic mass is 9.93. The van der Waals surface area contributed by atoms with Gasteiger partial charge in [0.2, 0.25) is 0 Å². The second-order valence-corrected chi connectivity index (χ2v) is 6.96. The highest BCUT2D eigenvalue weighted by Crippen LogP contribution is 2.28. The van der Waals surface area contributed by atoms with Gasteiger partial charge in [0.1, 0.15) is 5.82 Å². The molecule has 0 amide bonds. The number of rotatable bonds is 3. The summed E-state index contributed by atoms with van der Waals surface area (Å²) in [5.41, 5.74) is 1.23. The second kappa shape index (κ2) is 6.02. The SMILES string of the molecule is Cc1nccc(C2CCN(Cc3ccc(C)s3)CC2)n1. The fraction of sp³-hybridized carbons (Fsp3) is 0.500. The molecule has 0 aromatic carbocycles. The summed E-state index contributed by atoms with van der Waals surface area (Å²) in [5.74, 6) is 1.50. The molecule has 20 heavy (non-hydrogen) atoms. The van der Waals surface area contributed by atoms with Crippen molar-refractivity contribution in [1.82, 2.24) is 14.9 Å². The standard InChI is InChI=1S/C16H21N3S/c1-12-3-4-15(20-12)11-19-9-6-14(7-10-19)16-5-8-17-13(2)18-16/h3-5,8,14H,6-7,9-11H2,1-2H3. The van der Waals surface area contributed by atoms with Gasteiger partial charge in [-0.25, -0.2) is 9.97 Å². The van der Waals surface area contributed by atoms with Gasteiger partial charge >= 0.3 is 0 Å². The van der Waals surface area contributed by atoms with Crippen molar-refractivity contribution in [2.75, 3.05) is 13.1 Å². The molecule has 0 N–H and O–H groups in total. The van der Waals surface area contributed by atoms with Crippen LogP contribution in [0.25, 0.3) is 0 Å². The van der Waals surface area contributed by atoms with Gasteiger partial charge in [0.05, 0.1) is 0 Å². The number of aromatic nitrogens is 2. The zero-order valence-electron chi connectivity index (χ0n) is 12.2. The van der Waals surface area contributed by atoms with Crippen molar-refractivity contribution in [3.8, 4) is 0 Å². The van der Waals surface area contributed by atoms with Gasteiger partial charge in [-0.05, 0) is 58.0 Å². The zero-order chi connectivity index (χ0) is 13.9. The van der Waals surface area contributed by atoms with Crippen LogP contribution in [-0.4, -0.2) is 28.0 Å². The molecule has 1 fully saturated rings. The van der Waals surface area contributed by atoms with Gasteiger partial charge in [-0.3, -0.25) is 4.90 Å². The summed E-state index contributed by atoms with van der Waals surface area (Å²) in [6.45, 7) is 7.60. The van der Waals surface area contributed by atoms with E-state index in [1.165, 1.54) is 41.4 Å². The maximum Gasteiger partial charge on any atom is 0.125 e. The Morgan fingerprint density at radius 3 is 2.65 bits per heavy atom. The summed E-state index contributed by atoms with van der Waals surface area (Å²) in [4.78, 5) is 14.2. The van der Waals surface area contributed by atoms with Crippen molar-refractivity contribution >= 4 is 11.3 Å². The molecular formula is C16H21N3S. The highest BCUT2D eigenvalue weighted by molar-refractivity contribution is 7.11. The van der Waals surface area contributed by atoms with Crippen LogP contribution in [0.5, 0.6) is 0 Å². The van der Waals surface area contributed by atoms with Crippen molar-refractivity contribution in [1.29, 1.82) is 0 Å². The monoisotopic (exact) mass is 287 g/mol. The average molecular weight is 287 g/mol. The zero-order valence-corrected chi connectivity index (χ0v) is 13.0. The molecule has 0 atom stereocenters. The molecule has 2 aromatic rings. The Morgan fingerprint density at radius 2 is 2.00 bits per heavy atom. The first kappa shape index (κ1) is 13.7. The van der Waals surface area contributed by atoms with E-state index in [9.17, 15) is 0 Å². The fourth-order valence-corrected chi connectivity index (χ4v) is 3.81. The summed E-state index contributed by atoms with van der Waals surface area (Å²) in [6.07, 6.45) is 4.31. The van der Waals surface area contributed by atoms with Crippen molar-refractivity contribution in [3.05, 3.63) is 45.7 Å². The van der Waals surface area contributed by atoms with E-state index < -0.39 is 0 Å². The normalized spacial score (nSPS) is 17.5. The van der Waals surface area contributed by atoms with E-state index in [-0.39, 0.29) is 0 Å². The van der Waals surface area contributed by atoms with Crippen LogP contribution in [0.2, 0.25) is 0 Å². The Hall–Kier alpha value is -1.26. The van der Waals surface area contributed by atoms with Crippen LogP contribution < -0.4 is 0 Å². The van der Waals surface area contributed by atoms with Gasteiger partial charge in [0, 0.05) is 34.1 Å². The molecule has 0 radical (unpaired) electrons. The van der Waals surface area contributed by atoms with Crippen LogP contribution in [0.1, 0.15) is 40.0 Å². The molecule has 0 bridgehead atoms. The first-order valence-corrected chi connectivity index (χ1v) is 8.09. The number of nitrogens with zero attached hydrogens (tertiary/aromatic N) is 3. The van der Waals surface area contributed by atoms with Gasteiger partial charge in [-0.1, -0.05) is 0 Å². The molecule has 1 aliphatic rings. The Morgan fingerprint density at radius 1 is 1.20 bits per heavy atom. The number of aryl methyl sites for hydroxylation is 2. The van der Waals surface area contributed by atoms with E-state index in [4.69, 9.17) is 0 Å². The van der Waals surface area contributed by atoms with Gasteiger partial charge in [-0.2, -0.15) is 0 Å². The van der Waals surface area contributed by atoms with E-state index in [1.807, 2.05) is 24.5 Å². The number of hydrogen-bond acceptors (Lipinski definition) is 4. The van der Waals surface area contributed by atoms with Crippen LogP contribution >= 0.6 is 11.3 Å². The molecule has 3 rings (SSSR count). The topological polar surface area (TPSA) is 29.0 Å². The average Bonchev–Trinajstić information content (AvgIpc) is 2.85. The molecule has 1 aliphatic heterocycles. The lowest BCUT2D eigenvalue weighted by molar-refractivity contribution is 0.205. The molecule has 3 heterocycles. The Bertz CT molecular complexity index is 571. The second-order valence-electron chi connectivity index (χ2n) is 5.59. The molecular weight excluding hydrogens is 266 g/mol. The number of likely N-dealkylation sites (tertiary alicyclic amines) is 1. The predicted molar refractivity (Wildman–Crippen MR) is 83.1 cm³/mol. The van der Waals surface area contributed by atoms with Crippen LogP contribution in [0.15, 0.2) is 24.4 Å². The van der Waals surface area contributed by atoms with Gasteiger partial charge in [0.15, 0.2) is 0 Å². The molecule has 0 aliphatic carbocycles. The maximum absolute atomic E-state index is 4.58. The van der Waals surface area contributed by atoms with Crippen molar-refractivity contribution in [2.24, 2.45) is 0 Å². The summed E-state index contributed by atoms with van der Waals surface area (Å²) < 4.78 is 0. The van der Waals surface area contributed by atoms with E-state index in [2.05, 4.69) is 40.0 Å². The third kappa shape index (κ3) is 3.25. The predicted octanol–water partition coefficient (Wildman–Crippen LogP) is 3.53. The summed E-state index contributed by atoms with van der Waals surface area (Å²) in [5, 5.41) is 0. The Kier molecular flexibility index (Phi) is 4.13. The summed E-state index contributed by atoms with van der Waals surface area (Å²) >= 11 is 1.92. The fourth-order valence-electron chi connectivity index (χ4n) is 2.88. The van der Waals surface area contributed by atoms with Crippen LogP contribution in [0.4, 0.5) is 0 Å². The van der Waals surface area contributed by atoms with E-state index in [0.717, 1.165) is 12.4 Å². The van der Waals surface area contributed by atoms with Crippen LogP contribution in [0.3, 0.4) is 0 Å². The number of hydrogen-bond donors (Lipinski definition) is 0. The highest BCUT2D eigenvalue weighted by atomic mass is 32.1. The van der Waals surface area contributed by atoms with E-state index >= 15 is 0 Å². The molecule has 3 nitrogen and oxygen atoms in total. The lowest BCUT2D eigenvalue weighted by Crippen LogP contribution is -2.32. The minimum absolute atomic E-state index is 0.609. The van der Waals surface area contributed by atoms with Crippen molar-refractivity contribution < 1.29 is 0 Å². The lowest BCUT2D eigenvalue weighted by Gasteiger charge is -2.31. The van der Waals surface area contributed by atoms with Gasteiger partial charge in [-0.15, -0.1) is 11.3 Å². The van der Waals surface area contributed by atoms with E-state index in [0.29, 0.717) is 5.92 Å². The van der Waals surface area contributed by atoms with Crippen LogP contribution in [-0.2, 0) is 6.54 Å².